The van der Waals surface area contributed by atoms with Gasteiger partial charge in [0.05, 0.1) is 5.41 Å². The molecule has 0 aliphatic heterocycles. The van der Waals surface area contributed by atoms with Gasteiger partial charge in [0, 0.05) is 19.5 Å². The largest absolute Gasteiger partial charge is 0.481 e. The van der Waals surface area contributed by atoms with E-state index in [9.17, 15) is 9.59 Å². The lowest BCUT2D eigenvalue weighted by atomic mass is 9.73. The zero-order valence-electron chi connectivity index (χ0n) is 10.9. The minimum atomic E-state index is -0.785. The maximum atomic E-state index is 12.1. The number of hydrogen-bond acceptors (Lipinski definition) is 3. The van der Waals surface area contributed by atoms with Gasteiger partial charge < -0.3 is 16.2 Å². The first-order valence-corrected chi connectivity index (χ1v) is 6.81. The Morgan fingerprint density at radius 3 is 2.39 bits per heavy atom. The molecule has 0 spiro atoms. The predicted octanol–water partition coefficient (Wildman–Crippen LogP) is 1.27. The number of hydrogen-bond donors (Lipinski definition) is 3. The van der Waals surface area contributed by atoms with E-state index in [2.05, 4.69) is 5.32 Å². The molecule has 0 radical (unpaired) electrons. The molecule has 5 nitrogen and oxygen atoms in total. The molecule has 1 fully saturated rings. The maximum Gasteiger partial charge on any atom is 0.303 e. The van der Waals surface area contributed by atoms with Gasteiger partial charge in [0.15, 0.2) is 0 Å². The molecule has 0 aromatic carbocycles. The SMILES string of the molecule is NCC1(C(=O)NCCCCC(=O)O)CCCCC1. The summed E-state index contributed by atoms with van der Waals surface area (Å²) in [5, 5.41) is 11.4. The lowest BCUT2D eigenvalue weighted by Crippen LogP contribution is -2.47. The van der Waals surface area contributed by atoms with Crippen molar-refractivity contribution in [3.05, 3.63) is 0 Å². The van der Waals surface area contributed by atoms with Crippen molar-refractivity contribution >= 4 is 11.9 Å². The molecule has 1 aliphatic rings. The van der Waals surface area contributed by atoms with Crippen molar-refractivity contribution in [3.8, 4) is 0 Å². The summed E-state index contributed by atoms with van der Waals surface area (Å²) in [5.74, 6) is -0.730. The fourth-order valence-corrected chi connectivity index (χ4v) is 2.54. The lowest BCUT2D eigenvalue weighted by Gasteiger charge is -2.34. The van der Waals surface area contributed by atoms with Crippen LogP contribution in [0.3, 0.4) is 0 Å². The van der Waals surface area contributed by atoms with Crippen LogP contribution < -0.4 is 11.1 Å². The van der Waals surface area contributed by atoms with E-state index in [1.54, 1.807) is 0 Å². The fraction of sp³-hybridized carbons (Fsp3) is 0.846. The van der Waals surface area contributed by atoms with E-state index in [1.807, 2.05) is 0 Å². The molecule has 104 valence electrons. The standard InChI is InChI=1S/C13H24N2O3/c14-10-13(7-3-1-4-8-13)12(18)15-9-5-2-6-11(16)17/h1-10,14H2,(H,15,18)(H,16,17). The van der Waals surface area contributed by atoms with Crippen molar-refractivity contribution in [3.63, 3.8) is 0 Å². The highest BCUT2D eigenvalue weighted by atomic mass is 16.4. The smallest absolute Gasteiger partial charge is 0.303 e. The van der Waals surface area contributed by atoms with E-state index in [0.717, 1.165) is 25.7 Å². The van der Waals surface area contributed by atoms with Gasteiger partial charge in [0.25, 0.3) is 0 Å². The van der Waals surface area contributed by atoms with Crippen molar-refractivity contribution in [2.75, 3.05) is 13.1 Å². The third-order valence-corrected chi connectivity index (χ3v) is 3.79. The Bertz CT molecular complexity index is 286. The Morgan fingerprint density at radius 2 is 1.83 bits per heavy atom. The monoisotopic (exact) mass is 256 g/mol. The van der Waals surface area contributed by atoms with E-state index in [-0.39, 0.29) is 17.7 Å². The van der Waals surface area contributed by atoms with Crippen molar-refractivity contribution in [2.45, 2.75) is 51.4 Å². The summed E-state index contributed by atoms with van der Waals surface area (Å²) in [6.45, 7) is 0.960. The van der Waals surface area contributed by atoms with Crippen LogP contribution in [0.1, 0.15) is 51.4 Å². The molecule has 0 atom stereocenters. The van der Waals surface area contributed by atoms with E-state index >= 15 is 0 Å². The first-order chi connectivity index (χ1) is 8.60. The molecule has 0 unspecified atom stereocenters. The topological polar surface area (TPSA) is 92.4 Å². The Labute approximate surface area is 108 Å². The Morgan fingerprint density at radius 1 is 1.17 bits per heavy atom. The van der Waals surface area contributed by atoms with Crippen LogP contribution >= 0.6 is 0 Å². The minimum Gasteiger partial charge on any atom is -0.481 e. The van der Waals surface area contributed by atoms with Crippen molar-refractivity contribution < 1.29 is 14.7 Å². The van der Waals surface area contributed by atoms with Crippen molar-refractivity contribution in [1.29, 1.82) is 0 Å². The van der Waals surface area contributed by atoms with Gasteiger partial charge in [-0.2, -0.15) is 0 Å². The van der Waals surface area contributed by atoms with Gasteiger partial charge in [0.2, 0.25) is 5.91 Å². The highest BCUT2D eigenvalue weighted by Gasteiger charge is 2.37. The summed E-state index contributed by atoms with van der Waals surface area (Å²) in [4.78, 5) is 22.5. The number of carbonyl (C=O) groups excluding carboxylic acids is 1. The summed E-state index contributed by atoms with van der Waals surface area (Å²) in [5.41, 5.74) is 5.40. The fourth-order valence-electron chi connectivity index (χ4n) is 2.54. The minimum absolute atomic E-state index is 0.0556. The summed E-state index contributed by atoms with van der Waals surface area (Å²) in [6.07, 6.45) is 6.57. The van der Waals surface area contributed by atoms with E-state index < -0.39 is 5.97 Å². The zero-order valence-corrected chi connectivity index (χ0v) is 10.9. The molecular formula is C13H24N2O3. The van der Waals surface area contributed by atoms with E-state index in [1.165, 1.54) is 6.42 Å². The number of carboxylic acid groups (broad SMARTS) is 1. The first kappa shape index (κ1) is 15.0. The van der Waals surface area contributed by atoms with Gasteiger partial charge in [-0.1, -0.05) is 19.3 Å². The van der Waals surface area contributed by atoms with Gasteiger partial charge in [-0.25, -0.2) is 0 Å². The van der Waals surface area contributed by atoms with Gasteiger partial charge in [-0.05, 0) is 25.7 Å². The molecule has 0 aromatic rings. The highest BCUT2D eigenvalue weighted by Crippen LogP contribution is 2.35. The number of aliphatic carboxylic acids is 1. The van der Waals surface area contributed by atoms with Crippen LogP contribution in [-0.2, 0) is 9.59 Å². The van der Waals surface area contributed by atoms with E-state index in [4.69, 9.17) is 10.8 Å². The lowest BCUT2D eigenvalue weighted by molar-refractivity contribution is -0.137. The van der Waals surface area contributed by atoms with Crippen LogP contribution in [-0.4, -0.2) is 30.1 Å². The van der Waals surface area contributed by atoms with Crippen LogP contribution in [0.4, 0.5) is 0 Å². The predicted molar refractivity (Wildman–Crippen MR) is 69.1 cm³/mol. The molecule has 1 saturated carbocycles. The van der Waals surface area contributed by atoms with Gasteiger partial charge >= 0.3 is 5.97 Å². The number of unbranched alkanes of at least 4 members (excludes halogenated alkanes) is 1. The number of carboxylic acids is 1. The number of rotatable bonds is 7. The Kier molecular flexibility index (Phi) is 6.12. The van der Waals surface area contributed by atoms with Gasteiger partial charge in [0.1, 0.15) is 0 Å². The van der Waals surface area contributed by atoms with E-state index in [0.29, 0.717) is 25.9 Å². The summed E-state index contributed by atoms with van der Waals surface area (Å²) in [7, 11) is 0. The third-order valence-electron chi connectivity index (χ3n) is 3.79. The zero-order chi connectivity index (χ0) is 13.4. The third kappa shape index (κ3) is 4.29. The van der Waals surface area contributed by atoms with Gasteiger partial charge in [-0.15, -0.1) is 0 Å². The summed E-state index contributed by atoms with van der Waals surface area (Å²) >= 11 is 0. The average molecular weight is 256 g/mol. The Hall–Kier alpha value is -1.10. The second kappa shape index (κ2) is 7.36. The van der Waals surface area contributed by atoms with Crippen molar-refractivity contribution in [2.24, 2.45) is 11.1 Å². The molecule has 5 heteroatoms. The molecule has 1 rings (SSSR count). The number of nitrogens with two attached hydrogens (primary N) is 1. The molecular weight excluding hydrogens is 232 g/mol. The molecule has 0 heterocycles. The first-order valence-electron chi connectivity index (χ1n) is 6.81. The van der Waals surface area contributed by atoms with Crippen LogP contribution in [0, 0.1) is 5.41 Å². The Balaban J connectivity index is 2.27. The number of amides is 1. The number of carbonyl (C=O) groups is 2. The van der Waals surface area contributed by atoms with Crippen LogP contribution in [0.25, 0.3) is 0 Å². The second-order valence-electron chi connectivity index (χ2n) is 5.15. The summed E-state index contributed by atoms with van der Waals surface area (Å²) < 4.78 is 0. The molecule has 1 amide bonds. The normalized spacial score (nSPS) is 18.3. The highest BCUT2D eigenvalue weighted by molar-refractivity contribution is 5.83. The quantitative estimate of drug-likeness (QED) is 0.598. The maximum absolute atomic E-state index is 12.1. The average Bonchev–Trinajstić information content (AvgIpc) is 2.38. The molecule has 4 N–H and O–H groups in total. The van der Waals surface area contributed by atoms with Crippen LogP contribution in [0.5, 0.6) is 0 Å². The molecule has 1 aliphatic carbocycles. The summed E-state index contributed by atoms with van der Waals surface area (Å²) in [6, 6.07) is 0. The molecule has 0 aromatic heterocycles. The van der Waals surface area contributed by atoms with Crippen LogP contribution in [0.2, 0.25) is 0 Å². The molecule has 18 heavy (non-hydrogen) atoms. The van der Waals surface area contributed by atoms with Gasteiger partial charge in [-0.3, -0.25) is 9.59 Å². The molecule has 0 bridgehead atoms. The number of nitrogens with one attached hydrogen (secondary N) is 1. The van der Waals surface area contributed by atoms with Crippen molar-refractivity contribution in [1.82, 2.24) is 5.32 Å². The van der Waals surface area contributed by atoms with Crippen LogP contribution in [0.15, 0.2) is 0 Å². The molecule has 0 saturated heterocycles. The second-order valence-corrected chi connectivity index (χ2v) is 5.15.